The molecule has 1 heterocycles. The zero-order chi connectivity index (χ0) is 10.8. The van der Waals surface area contributed by atoms with Gasteiger partial charge in [-0.1, -0.05) is 24.3 Å². The van der Waals surface area contributed by atoms with Crippen LogP contribution >= 0.6 is 0 Å². The molecule has 0 saturated carbocycles. The molecule has 0 saturated heterocycles. The van der Waals surface area contributed by atoms with Crippen LogP contribution in [0.3, 0.4) is 0 Å². The monoisotopic (exact) mass is 202 g/mol. The lowest BCUT2D eigenvalue weighted by molar-refractivity contribution is 0.426. The van der Waals surface area contributed by atoms with Crippen LogP contribution < -0.4 is 5.46 Å². The minimum Gasteiger partial charge on any atom is -0.423 e. The van der Waals surface area contributed by atoms with E-state index in [-0.39, 0.29) is 0 Å². The summed E-state index contributed by atoms with van der Waals surface area (Å²) < 4.78 is 1.88. The molecule has 0 amide bonds. The van der Waals surface area contributed by atoms with Crippen molar-refractivity contribution in [2.24, 2.45) is 7.05 Å². The third kappa shape index (κ3) is 1.93. The summed E-state index contributed by atoms with van der Waals surface area (Å²) in [6.07, 6.45) is 3.44. The fraction of sp³-hybridized carbons (Fsp3) is 0.100. The van der Waals surface area contributed by atoms with E-state index in [4.69, 9.17) is 10.0 Å². The SMILES string of the molecule is Cn1cncc1-c1cccc(B(O)O)c1. The Morgan fingerprint density at radius 2 is 2.13 bits per heavy atom. The summed E-state index contributed by atoms with van der Waals surface area (Å²) in [7, 11) is 0.461. The van der Waals surface area contributed by atoms with Gasteiger partial charge in [-0.25, -0.2) is 4.98 Å². The van der Waals surface area contributed by atoms with Crippen molar-refractivity contribution in [3.63, 3.8) is 0 Å². The minimum absolute atomic E-state index is 0.480. The van der Waals surface area contributed by atoms with Gasteiger partial charge in [-0.3, -0.25) is 0 Å². The number of aryl methyl sites for hydroxylation is 1. The zero-order valence-electron chi connectivity index (χ0n) is 8.33. The van der Waals surface area contributed by atoms with Crippen LogP contribution in [0.2, 0.25) is 0 Å². The Hall–Kier alpha value is -1.59. The molecule has 0 bridgehead atoms. The molecule has 0 aliphatic rings. The third-order valence-electron chi connectivity index (χ3n) is 2.30. The summed E-state index contributed by atoms with van der Waals surface area (Å²) in [5, 5.41) is 18.1. The summed E-state index contributed by atoms with van der Waals surface area (Å²) in [6.45, 7) is 0. The highest BCUT2D eigenvalue weighted by Crippen LogP contribution is 2.16. The molecule has 0 radical (unpaired) electrons. The molecule has 0 aliphatic carbocycles. The number of rotatable bonds is 2. The number of imidazole rings is 1. The zero-order valence-corrected chi connectivity index (χ0v) is 8.33. The summed E-state index contributed by atoms with van der Waals surface area (Å²) in [5.74, 6) is 0. The predicted octanol–water partition coefficient (Wildman–Crippen LogP) is -0.233. The molecule has 2 aromatic rings. The van der Waals surface area contributed by atoms with Crippen molar-refractivity contribution in [3.8, 4) is 11.3 Å². The van der Waals surface area contributed by atoms with Gasteiger partial charge >= 0.3 is 7.12 Å². The second-order valence-electron chi connectivity index (χ2n) is 3.39. The van der Waals surface area contributed by atoms with Crippen LogP contribution in [0.4, 0.5) is 0 Å². The Balaban J connectivity index is 2.46. The Labute approximate surface area is 88.0 Å². The molecule has 5 heteroatoms. The topological polar surface area (TPSA) is 58.3 Å². The Morgan fingerprint density at radius 1 is 1.33 bits per heavy atom. The van der Waals surface area contributed by atoms with Crippen LogP contribution in [-0.2, 0) is 7.05 Å². The number of aromatic nitrogens is 2. The van der Waals surface area contributed by atoms with Crippen LogP contribution in [0.1, 0.15) is 0 Å². The van der Waals surface area contributed by atoms with E-state index < -0.39 is 7.12 Å². The molecule has 4 nitrogen and oxygen atoms in total. The maximum Gasteiger partial charge on any atom is 0.488 e. The third-order valence-corrected chi connectivity index (χ3v) is 2.30. The second kappa shape index (κ2) is 3.88. The molecule has 0 aliphatic heterocycles. The van der Waals surface area contributed by atoms with E-state index in [1.54, 1.807) is 30.7 Å². The van der Waals surface area contributed by atoms with Crippen molar-refractivity contribution in [2.45, 2.75) is 0 Å². The Bertz CT molecular complexity index is 468. The highest BCUT2D eigenvalue weighted by Gasteiger charge is 2.12. The molecule has 0 unspecified atom stereocenters. The van der Waals surface area contributed by atoms with Crippen molar-refractivity contribution in [2.75, 3.05) is 0 Å². The number of benzene rings is 1. The molecule has 0 spiro atoms. The molecule has 1 aromatic heterocycles. The number of hydrogen-bond donors (Lipinski definition) is 2. The molecule has 2 rings (SSSR count). The maximum absolute atomic E-state index is 9.05. The van der Waals surface area contributed by atoms with Gasteiger partial charge in [0.15, 0.2) is 0 Å². The summed E-state index contributed by atoms with van der Waals surface area (Å²) in [5.41, 5.74) is 2.34. The fourth-order valence-electron chi connectivity index (χ4n) is 1.49. The van der Waals surface area contributed by atoms with E-state index >= 15 is 0 Å². The van der Waals surface area contributed by atoms with Crippen LogP contribution in [0.15, 0.2) is 36.8 Å². The largest absolute Gasteiger partial charge is 0.488 e. The van der Waals surface area contributed by atoms with E-state index in [1.165, 1.54) is 0 Å². The average Bonchev–Trinajstić information content (AvgIpc) is 2.64. The maximum atomic E-state index is 9.05. The van der Waals surface area contributed by atoms with Gasteiger partial charge < -0.3 is 14.6 Å². The summed E-state index contributed by atoms with van der Waals surface area (Å²) in [6, 6.07) is 7.10. The molecule has 2 N–H and O–H groups in total. The van der Waals surface area contributed by atoms with E-state index in [1.807, 2.05) is 17.7 Å². The van der Waals surface area contributed by atoms with Crippen LogP contribution in [0.25, 0.3) is 11.3 Å². The Kier molecular flexibility index (Phi) is 2.57. The molecular formula is C10H11BN2O2. The van der Waals surface area contributed by atoms with E-state index in [0.29, 0.717) is 5.46 Å². The molecule has 76 valence electrons. The van der Waals surface area contributed by atoms with E-state index in [9.17, 15) is 0 Å². The highest BCUT2D eigenvalue weighted by molar-refractivity contribution is 6.58. The summed E-state index contributed by atoms with van der Waals surface area (Å²) in [4.78, 5) is 4.01. The van der Waals surface area contributed by atoms with Crippen molar-refractivity contribution >= 4 is 12.6 Å². The summed E-state index contributed by atoms with van der Waals surface area (Å²) >= 11 is 0. The van der Waals surface area contributed by atoms with Gasteiger partial charge in [0.2, 0.25) is 0 Å². The molecule has 0 atom stereocenters. The van der Waals surface area contributed by atoms with E-state index in [2.05, 4.69) is 4.98 Å². The lowest BCUT2D eigenvalue weighted by Gasteiger charge is -2.04. The smallest absolute Gasteiger partial charge is 0.423 e. The van der Waals surface area contributed by atoms with Gasteiger partial charge in [-0.2, -0.15) is 0 Å². The molecule has 0 fully saturated rings. The van der Waals surface area contributed by atoms with Gasteiger partial charge in [0.25, 0.3) is 0 Å². The van der Waals surface area contributed by atoms with Crippen molar-refractivity contribution < 1.29 is 10.0 Å². The minimum atomic E-state index is -1.43. The molecular weight excluding hydrogens is 191 g/mol. The first-order valence-electron chi connectivity index (χ1n) is 4.61. The second-order valence-corrected chi connectivity index (χ2v) is 3.39. The standard InChI is InChI=1S/C10H11BN2O2/c1-13-7-12-6-10(13)8-3-2-4-9(5-8)11(14)15/h2-7,14-15H,1H3. The fourth-order valence-corrected chi connectivity index (χ4v) is 1.49. The molecule has 15 heavy (non-hydrogen) atoms. The average molecular weight is 202 g/mol. The predicted molar refractivity (Wildman–Crippen MR) is 58.5 cm³/mol. The van der Waals surface area contributed by atoms with Crippen molar-refractivity contribution in [1.29, 1.82) is 0 Å². The lowest BCUT2D eigenvalue weighted by atomic mass is 9.79. The van der Waals surface area contributed by atoms with Crippen LogP contribution in [-0.4, -0.2) is 26.7 Å². The van der Waals surface area contributed by atoms with Gasteiger partial charge in [0, 0.05) is 7.05 Å². The quantitative estimate of drug-likeness (QED) is 0.661. The lowest BCUT2D eigenvalue weighted by Crippen LogP contribution is -2.29. The number of nitrogens with zero attached hydrogens (tertiary/aromatic N) is 2. The van der Waals surface area contributed by atoms with Crippen LogP contribution in [0, 0.1) is 0 Å². The highest BCUT2D eigenvalue weighted by atomic mass is 16.4. The van der Waals surface area contributed by atoms with Gasteiger partial charge in [-0.15, -0.1) is 0 Å². The van der Waals surface area contributed by atoms with Gasteiger partial charge in [0.05, 0.1) is 18.2 Å². The number of hydrogen-bond acceptors (Lipinski definition) is 3. The first kappa shape index (κ1) is 9.95. The van der Waals surface area contributed by atoms with Gasteiger partial charge in [0.1, 0.15) is 0 Å². The molecule has 1 aromatic carbocycles. The van der Waals surface area contributed by atoms with Gasteiger partial charge in [-0.05, 0) is 11.0 Å². The first-order valence-corrected chi connectivity index (χ1v) is 4.61. The van der Waals surface area contributed by atoms with Crippen molar-refractivity contribution in [1.82, 2.24) is 9.55 Å². The van der Waals surface area contributed by atoms with E-state index in [0.717, 1.165) is 11.3 Å². The Morgan fingerprint density at radius 3 is 2.73 bits per heavy atom. The van der Waals surface area contributed by atoms with Crippen molar-refractivity contribution in [3.05, 3.63) is 36.8 Å². The normalized spacial score (nSPS) is 10.3. The van der Waals surface area contributed by atoms with Crippen LogP contribution in [0.5, 0.6) is 0 Å². The first-order chi connectivity index (χ1) is 7.18.